The minimum Gasteiger partial charge on any atom is -0.381 e. The summed E-state index contributed by atoms with van der Waals surface area (Å²) >= 11 is 0. The monoisotopic (exact) mass is 306 g/mol. The number of ether oxygens (including phenoxy) is 2. The highest BCUT2D eigenvalue weighted by atomic mass is 16.5. The van der Waals surface area contributed by atoms with Crippen LogP contribution in [0.15, 0.2) is 12.1 Å². The smallest absolute Gasteiger partial charge is 0.267 e. The van der Waals surface area contributed by atoms with Gasteiger partial charge in [0, 0.05) is 37.5 Å². The highest BCUT2D eigenvalue weighted by molar-refractivity contribution is 5.92. The summed E-state index contributed by atoms with van der Waals surface area (Å²) in [6.45, 7) is 5.22. The molecule has 122 valence electrons. The second-order valence-corrected chi connectivity index (χ2v) is 6.31. The first-order valence-electron chi connectivity index (χ1n) is 8.42. The second-order valence-electron chi connectivity index (χ2n) is 6.31. The van der Waals surface area contributed by atoms with Gasteiger partial charge in [-0.25, -0.2) is 0 Å². The number of aromatic amines is 1. The Bertz CT molecular complexity index is 494. The van der Waals surface area contributed by atoms with Crippen LogP contribution < -0.4 is 5.32 Å². The molecule has 1 aromatic heterocycles. The number of carbonyl (C=O) groups is 1. The molecule has 0 aromatic carbocycles. The summed E-state index contributed by atoms with van der Waals surface area (Å²) in [4.78, 5) is 15.6. The van der Waals surface area contributed by atoms with E-state index < -0.39 is 0 Å². The van der Waals surface area contributed by atoms with Crippen molar-refractivity contribution >= 4 is 5.91 Å². The SMILES string of the molecule is CCc1ccc(C(=O)N[C@H]2CCOC[C@H]2C2CCOCC2)[nH]1. The number of aryl methyl sites for hydroxylation is 1. The molecule has 1 aromatic rings. The van der Waals surface area contributed by atoms with Crippen LogP contribution in [-0.4, -0.2) is 43.4 Å². The molecule has 0 bridgehead atoms. The average molecular weight is 306 g/mol. The van der Waals surface area contributed by atoms with Crippen LogP contribution in [0.3, 0.4) is 0 Å². The zero-order valence-electron chi connectivity index (χ0n) is 13.3. The molecule has 2 saturated heterocycles. The summed E-state index contributed by atoms with van der Waals surface area (Å²) in [6.07, 6.45) is 3.95. The minimum atomic E-state index is 0.00339. The molecule has 2 N–H and O–H groups in total. The van der Waals surface area contributed by atoms with Crippen molar-refractivity contribution in [2.24, 2.45) is 11.8 Å². The molecular formula is C17H26N2O3. The normalized spacial score (nSPS) is 26.8. The number of rotatable bonds is 4. The topological polar surface area (TPSA) is 63.4 Å². The molecule has 0 spiro atoms. The van der Waals surface area contributed by atoms with Gasteiger partial charge in [-0.2, -0.15) is 0 Å². The van der Waals surface area contributed by atoms with Crippen molar-refractivity contribution in [3.05, 3.63) is 23.5 Å². The molecule has 0 saturated carbocycles. The molecule has 0 radical (unpaired) electrons. The Kier molecular flexibility index (Phi) is 5.16. The lowest BCUT2D eigenvalue weighted by Gasteiger charge is -2.38. The van der Waals surface area contributed by atoms with Gasteiger partial charge in [-0.1, -0.05) is 6.92 Å². The number of amides is 1. The Morgan fingerprint density at radius 2 is 2.00 bits per heavy atom. The summed E-state index contributed by atoms with van der Waals surface area (Å²) < 4.78 is 11.1. The van der Waals surface area contributed by atoms with Crippen LogP contribution >= 0.6 is 0 Å². The van der Waals surface area contributed by atoms with Gasteiger partial charge in [-0.3, -0.25) is 4.79 Å². The van der Waals surface area contributed by atoms with Gasteiger partial charge < -0.3 is 19.8 Å². The average Bonchev–Trinajstić information content (AvgIpc) is 3.05. The van der Waals surface area contributed by atoms with E-state index in [4.69, 9.17) is 9.47 Å². The summed E-state index contributed by atoms with van der Waals surface area (Å²) in [5.74, 6) is 1.00. The number of aromatic nitrogens is 1. The Morgan fingerprint density at radius 3 is 2.73 bits per heavy atom. The first-order chi connectivity index (χ1) is 10.8. The first-order valence-corrected chi connectivity index (χ1v) is 8.42. The fraction of sp³-hybridized carbons (Fsp3) is 0.706. The van der Waals surface area contributed by atoms with Crippen LogP contribution in [0.5, 0.6) is 0 Å². The van der Waals surface area contributed by atoms with E-state index in [1.54, 1.807) is 0 Å². The molecule has 3 rings (SSSR count). The maximum absolute atomic E-state index is 12.5. The second kappa shape index (κ2) is 7.29. The van der Waals surface area contributed by atoms with Crippen LogP contribution in [0, 0.1) is 11.8 Å². The van der Waals surface area contributed by atoms with E-state index in [-0.39, 0.29) is 11.9 Å². The molecule has 2 aliphatic rings. The lowest BCUT2D eigenvalue weighted by molar-refractivity contribution is -0.0259. The number of nitrogens with one attached hydrogen (secondary N) is 2. The van der Waals surface area contributed by atoms with Crippen molar-refractivity contribution < 1.29 is 14.3 Å². The van der Waals surface area contributed by atoms with Crippen molar-refractivity contribution in [2.45, 2.75) is 38.6 Å². The van der Waals surface area contributed by atoms with E-state index in [9.17, 15) is 4.79 Å². The van der Waals surface area contributed by atoms with E-state index in [1.807, 2.05) is 12.1 Å². The Labute approximate surface area is 131 Å². The molecule has 2 atom stereocenters. The molecule has 0 unspecified atom stereocenters. The van der Waals surface area contributed by atoms with E-state index in [2.05, 4.69) is 17.2 Å². The standard InChI is InChI=1S/C17H26N2O3/c1-2-13-3-4-16(18-13)17(20)19-15-7-10-22-11-14(15)12-5-8-21-9-6-12/h3-4,12,14-15,18H,2,5-11H2,1H3,(H,19,20)/t14-,15-/m0/s1. The van der Waals surface area contributed by atoms with Gasteiger partial charge in [-0.15, -0.1) is 0 Å². The molecule has 1 amide bonds. The summed E-state index contributed by atoms with van der Waals surface area (Å²) in [5.41, 5.74) is 1.76. The van der Waals surface area contributed by atoms with Gasteiger partial charge in [0.1, 0.15) is 5.69 Å². The molecule has 3 heterocycles. The number of hydrogen-bond acceptors (Lipinski definition) is 3. The highest BCUT2D eigenvalue weighted by Gasteiger charge is 2.34. The Morgan fingerprint density at radius 1 is 1.23 bits per heavy atom. The minimum absolute atomic E-state index is 0.00339. The van der Waals surface area contributed by atoms with Crippen molar-refractivity contribution in [1.82, 2.24) is 10.3 Å². The molecule has 22 heavy (non-hydrogen) atoms. The van der Waals surface area contributed by atoms with Crippen LogP contribution in [-0.2, 0) is 15.9 Å². The van der Waals surface area contributed by atoms with Gasteiger partial charge in [0.15, 0.2) is 0 Å². The Balaban J connectivity index is 1.64. The van der Waals surface area contributed by atoms with Crippen molar-refractivity contribution in [2.75, 3.05) is 26.4 Å². The third-order valence-corrected chi connectivity index (χ3v) is 4.96. The largest absolute Gasteiger partial charge is 0.381 e. The fourth-order valence-electron chi connectivity index (χ4n) is 3.57. The van der Waals surface area contributed by atoms with E-state index in [0.717, 1.165) is 57.8 Å². The third kappa shape index (κ3) is 3.52. The zero-order chi connectivity index (χ0) is 15.4. The molecular weight excluding hydrogens is 280 g/mol. The quantitative estimate of drug-likeness (QED) is 0.896. The summed E-state index contributed by atoms with van der Waals surface area (Å²) in [5, 5.41) is 3.23. The molecule has 5 heteroatoms. The van der Waals surface area contributed by atoms with Gasteiger partial charge in [0.25, 0.3) is 5.91 Å². The predicted octanol–water partition coefficient (Wildman–Crippen LogP) is 2.14. The summed E-state index contributed by atoms with van der Waals surface area (Å²) in [7, 11) is 0. The van der Waals surface area contributed by atoms with Gasteiger partial charge >= 0.3 is 0 Å². The van der Waals surface area contributed by atoms with Crippen LogP contribution in [0.2, 0.25) is 0 Å². The fourth-order valence-corrected chi connectivity index (χ4v) is 3.57. The van der Waals surface area contributed by atoms with E-state index >= 15 is 0 Å². The first kappa shape index (κ1) is 15.6. The lowest BCUT2D eigenvalue weighted by Crippen LogP contribution is -2.49. The Hall–Kier alpha value is -1.33. The van der Waals surface area contributed by atoms with Crippen molar-refractivity contribution in [3.63, 3.8) is 0 Å². The number of H-pyrrole nitrogens is 1. The zero-order valence-corrected chi connectivity index (χ0v) is 13.3. The van der Waals surface area contributed by atoms with Crippen molar-refractivity contribution in [1.29, 1.82) is 0 Å². The molecule has 5 nitrogen and oxygen atoms in total. The van der Waals surface area contributed by atoms with Gasteiger partial charge in [-0.05, 0) is 43.7 Å². The number of hydrogen-bond donors (Lipinski definition) is 2. The van der Waals surface area contributed by atoms with Crippen LogP contribution in [0.25, 0.3) is 0 Å². The highest BCUT2D eigenvalue weighted by Crippen LogP contribution is 2.30. The van der Waals surface area contributed by atoms with Crippen LogP contribution in [0.4, 0.5) is 0 Å². The molecule has 2 fully saturated rings. The van der Waals surface area contributed by atoms with Gasteiger partial charge in [0.05, 0.1) is 6.61 Å². The molecule has 0 aliphatic carbocycles. The van der Waals surface area contributed by atoms with Crippen LogP contribution in [0.1, 0.15) is 42.4 Å². The van der Waals surface area contributed by atoms with E-state index in [0.29, 0.717) is 17.5 Å². The molecule has 2 aliphatic heterocycles. The van der Waals surface area contributed by atoms with Gasteiger partial charge in [0.2, 0.25) is 0 Å². The maximum Gasteiger partial charge on any atom is 0.267 e. The number of carbonyl (C=O) groups excluding carboxylic acids is 1. The summed E-state index contributed by atoms with van der Waals surface area (Å²) in [6, 6.07) is 4.06. The lowest BCUT2D eigenvalue weighted by atomic mass is 9.79. The maximum atomic E-state index is 12.5. The predicted molar refractivity (Wildman–Crippen MR) is 83.9 cm³/mol. The van der Waals surface area contributed by atoms with E-state index in [1.165, 1.54) is 0 Å². The third-order valence-electron chi connectivity index (χ3n) is 4.96. The van der Waals surface area contributed by atoms with Crippen molar-refractivity contribution in [3.8, 4) is 0 Å².